The third-order valence-electron chi connectivity index (χ3n) is 4.53. The Bertz CT molecular complexity index is 1050. The maximum absolute atomic E-state index is 13.2. The van der Waals surface area contributed by atoms with Gasteiger partial charge in [-0.2, -0.15) is 0 Å². The molecule has 118 valence electrons. The highest BCUT2D eigenvalue weighted by Gasteiger charge is 2.53. The number of benzene rings is 1. The van der Waals surface area contributed by atoms with E-state index >= 15 is 0 Å². The quantitative estimate of drug-likeness (QED) is 0.316. The maximum atomic E-state index is 13.2. The van der Waals surface area contributed by atoms with Gasteiger partial charge in [-0.25, -0.2) is 4.98 Å². The molecule has 2 amide bonds. The number of carbonyl (C=O) groups excluding carboxylic acids is 2. The van der Waals surface area contributed by atoms with E-state index in [9.17, 15) is 14.4 Å². The van der Waals surface area contributed by atoms with Gasteiger partial charge in [-0.1, -0.05) is 22.2 Å². The minimum Gasteiger partial charge on any atom is -0.398 e. The molecule has 2 aromatic rings. The van der Waals surface area contributed by atoms with Crippen molar-refractivity contribution in [3.63, 3.8) is 0 Å². The Balaban J connectivity index is 2.46. The minimum absolute atomic E-state index is 0.00523. The number of nitrogens with zero attached hydrogens (tertiary/aromatic N) is 2. The number of amides is 2. The van der Waals surface area contributed by atoms with Gasteiger partial charge in [0.2, 0.25) is 11.8 Å². The van der Waals surface area contributed by atoms with Gasteiger partial charge < -0.3 is 5.73 Å². The summed E-state index contributed by atoms with van der Waals surface area (Å²) < 4.78 is 0.812. The number of nitrogen functional groups attached to an aromatic ring is 1. The standard InChI is InChI=1S/C14H9B5N4O3/c1-4-21-10-6(16)2-5(15)9(20)8(10)11(25)23(4)14(19)12(26)22-7(24)3-13(14,17)18/h2H,3,20H2,1H3,(H,22,24,26). The van der Waals surface area contributed by atoms with Crippen LogP contribution in [0.4, 0.5) is 5.69 Å². The average molecular weight is 335 g/mol. The number of hydrogen-bond donors (Lipinski definition) is 2. The van der Waals surface area contributed by atoms with Crippen molar-refractivity contribution >= 4 is 78.6 Å². The van der Waals surface area contributed by atoms with Gasteiger partial charge in [0.25, 0.3) is 5.56 Å². The molecule has 1 aromatic carbocycles. The van der Waals surface area contributed by atoms with Gasteiger partial charge in [-0.05, 0) is 6.92 Å². The fourth-order valence-corrected chi connectivity index (χ4v) is 3.14. The van der Waals surface area contributed by atoms with Crippen LogP contribution in [0, 0.1) is 6.92 Å². The first kappa shape index (κ1) is 18.4. The van der Waals surface area contributed by atoms with E-state index in [1.807, 2.05) is 5.32 Å². The lowest BCUT2D eigenvalue weighted by Gasteiger charge is -2.48. The average Bonchev–Trinajstić information content (AvgIpc) is 2.49. The lowest BCUT2D eigenvalue weighted by molar-refractivity contribution is -0.138. The second kappa shape index (κ2) is 5.56. The number of piperidine rings is 1. The Morgan fingerprint density at radius 1 is 1.19 bits per heavy atom. The van der Waals surface area contributed by atoms with Gasteiger partial charge in [0.1, 0.15) is 29.4 Å². The van der Waals surface area contributed by atoms with Crippen molar-refractivity contribution in [3.8, 4) is 0 Å². The number of imide groups is 1. The highest BCUT2D eigenvalue weighted by molar-refractivity contribution is 6.50. The van der Waals surface area contributed by atoms with Crippen molar-refractivity contribution in [2.24, 2.45) is 0 Å². The first-order valence-corrected chi connectivity index (χ1v) is 7.50. The van der Waals surface area contributed by atoms with Crippen molar-refractivity contribution in [3.05, 3.63) is 22.2 Å². The predicted octanol–water partition coefficient (Wildman–Crippen LogP) is -3.80. The molecule has 3 N–H and O–H groups in total. The van der Waals surface area contributed by atoms with E-state index < -0.39 is 34.4 Å². The molecule has 7 nitrogen and oxygen atoms in total. The number of nitrogens with two attached hydrogens (primary N) is 1. The Morgan fingerprint density at radius 3 is 2.38 bits per heavy atom. The van der Waals surface area contributed by atoms with Crippen LogP contribution >= 0.6 is 0 Å². The van der Waals surface area contributed by atoms with E-state index in [2.05, 4.69) is 4.98 Å². The first-order valence-electron chi connectivity index (χ1n) is 7.50. The van der Waals surface area contributed by atoms with Crippen LogP contribution in [0.1, 0.15) is 12.2 Å². The number of aromatic nitrogens is 2. The molecule has 1 atom stereocenters. The molecular weight excluding hydrogens is 326 g/mol. The molecule has 1 saturated heterocycles. The van der Waals surface area contributed by atoms with Crippen LogP contribution in [0.25, 0.3) is 10.9 Å². The molecule has 26 heavy (non-hydrogen) atoms. The number of anilines is 1. The van der Waals surface area contributed by atoms with Gasteiger partial charge in [0.15, 0.2) is 0 Å². The third kappa shape index (κ3) is 2.27. The second-order valence-electron chi connectivity index (χ2n) is 6.35. The van der Waals surface area contributed by atoms with Gasteiger partial charge in [0, 0.05) is 12.1 Å². The lowest BCUT2D eigenvalue weighted by Crippen LogP contribution is -2.66. The maximum Gasteiger partial charge on any atom is 0.263 e. The highest BCUT2D eigenvalue weighted by Crippen LogP contribution is 2.42. The summed E-state index contributed by atoms with van der Waals surface area (Å²) in [7, 11) is 29.7. The van der Waals surface area contributed by atoms with Crippen molar-refractivity contribution in [2.75, 3.05) is 5.73 Å². The summed E-state index contributed by atoms with van der Waals surface area (Å²) in [5.74, 6) is -1.75. The van der Waals surface area contributed by atoms with Crippen LogP contribution in [-0.2, 0) is 15.0 Å². The number of rotatable bonds is 1. The van der Waals surface area contributed by atoms with Gasteiger partial charge >= 0.3 is 0 Å². The van der Waals surface area contributed by atoms with Crippen LogP contribution in [-0.4, -0.2) is 60.6 Å². The van der Waals surface area contributed by atoms with E-state index in [1.54, 1.807) is 0 Å². The molecule has 10 radical (unpaired) electrons. The SMILES string of the molecule is [B]c1cc([B])c2nc(C)n(C3([B])C(=O)NC(=O)CC3([B])[B])c(=O)c2c1N. The van der Waals surface area contributed by atoms with Crippen LogP contribution in [0.2, 0.25) is 5.21 Å². The van der Waals surface area contributed by atoms with E-state index in [0.717, 1.165) is 4.57 Å². The molecule has 0 saturated carbocycles. The van der Waals surface area contributed by atoms with E-state index in [4.69, 9.17) is 45.0 Å². The molecule has 1 unspecified atom stereocenters. The largest absolute Gasteiger partial charge is 0.398 e. The Kier molecular flexibility index (Phi) is 3.94. The fraction of sp³-hybridized carbons (Fsp3) is 0.286. The molecule has 0 bridgehead atoms. The van der Waals surface area contributed by atoms with Crippen LogP contribution in [0.3, 0.4) is 0 Å². The predicted molar refractivity (Wildman–Crippen MR) is 102 cm³/mol. The molecule has 1 aliphatic rings. The lowest BCUT2D eigenvalue weighted by atomic mass is 9.37. The number of hydrogen-bond acceptors (Lipinski definition) is 5. The number of fused-ring (bicyclic) bond motifs is 1. The zero-order valence-electron chi connectivity index (χ0n) is 13.9. The van der Waals surface area contributed by atoms with Crippen LogP contribution < -0.4 is 27.5 Å². The molecule has 1 aromatic heterocycles. The van der Waals surface area contributed by atoms with E-state index in [1.165, 1.54) is 13.0 Å². The second-order valence-corrected chi connectivity index (χ2v) is 6.35. The van der Waals surface area contributed by atoms with Gasteiger partial charge in [-0.3, -0.25) is 24.3 Å². The van der Waals surface area contributed by atoms with Crippen molar-refractivity contribution in [1.29, 1.82) is 0 Å². The summed E-state index contributed by atoms with van der Waals surface area (Å²) in [5.41, 5.74) is 3.02. The monoisotopic (exact) mass is 336 g/mol. The van der Waals surface area contributed by atoms with Crippen LogP contribution in [0.5, 0.6) is 0 Å². The minimum atomic E-state index is -2.30. The van der Waals surface area contributed by atoms with Gasteiger partial charge in [-0.15, -0.1) is 0 Å². The molecule has 12 heteroatoms. The van der Waals surface area contributed by atoms with E-state index in [-0.39, 0.29) is 33.3 Å². The summed E-state index contributed by atoms with van der Waals surface area (Å²) in [6.07, 6.45) is -0.492. The Hall–Kier alpha value is -2.38. The molecule has 0 spiro atoms. The number of aryl methyl sites for hydroxylation is 1. The van der Waals surface area contributed by atoms with Gasteiger partial charge in [0.05, 0.1) is 32.0 Å². The van der Waals surface area contributed by atoms with Crippen molar-refractivity contribution in [1.82, 2.24) is 14.9 Å². The summed E-state index contributed by atoms with van der Waals surface area (Å²) in [5, 5.41) is -0.152. The molecule has 0 aliphatic carbocycles. The van der Waals surface area contributed by atoms with E-state index in [0.29, 0.717) is 0 Å². The zero-order valence-corrected chi connectivity index (χ0v) is 13.9. The van der Waals surface area contributed by atoms with Crippen molar-refractivity contribution in [2.45, 2.75) is 24.0 Å². The normalized spacial score (nSPS) is 22.3. The topological polar surface area (TPSA) is 107 Å². The number of carbonyl (C=O) groups is 2. The first-order chi connectivity index (χ1) is 11.9. The highest BCUT2D eigenvalue weighted by atomic mass is 16.2. The zero-order chi connectivity index (χ0) is 19.6. The molecular formula is C14H9B5N4O3. The summed E-state index contributed by atoms with van der Waals surface area (Å²) in [4.78, 5) is 41.5. The third-order valence-corrected chi connectivity index (χ3v) is 4.53. The van der Waals surface area contributed by atoms with Crippen molar-refractivity contribution < 1.29 is 9.59 Å². The summed E-state index contributed by atoms with van der Waals surface area (Å²) >= 11 is 0. The summed E-state index contributed by atoms with van der Waals surface area (Å²) in [6.45, 7) is 1.42. The molecule has 1 aliphatic heterocycles. The smallest absolute Gasteiger partial charge is 0.263 e. The molecule has 2 heterocycles. The molecule has 3 rings (SSSR count). The summed E-state index contributed by atoms with van der Waals surface area (Å²) in [6, 6.07) is 1.37. The number of nitrogens with one attached hydrogen (secondary N) is 1. The Labute approximate surface area is 155 Å². The fourth-order valence-electron chi connectivity index (χ4n) is 3.14. The Morgan fingerprint density at radius 2 is 1.81 bits per heavy atom. The van der Waals surface area contributed by atoms with Crippen LogP contribution in [0.15, 0.2) is 10.9 Å². The molecule has 1 fully saturated rings.